The van der Waals surface area contributed by atoms with Crippen molar-refractivity contribution in [3.8, 4) is 5.75 Å². The first-order valence-corrected chi connectivity index (χ1v) is 3.97. The molecule has 0 atom stereocenters. The summed E-state index contributed by atoms with van der Waals surface area (Å²) in [5.41, 5.74) is 0.841. The lowest BCUT2D eigenvalue weighted by atomic mass is 10.2. The van der Waals surface area contributed by atoms with Crippen LogP contribution in [0.3, 0.4) is 0 Å². The molecule has 1 aromatic carbocycles. The minimum absolute atomic E-state index is 0. The van der Waals surface area contributed by atoms with Crippen molar-refractivity contribution in [2.45, 2.75) is 6.54 Å². The fourth-order valence-electron chi connectivity index (χ4n) is 1.14. The Morgan fingerprint density at radius 3 is 2.71 bits per heavy atom. The van der Waals surface area contributed by atoms with Gasteiger partial charge in [0, 0.05) is 11.8 Å². The Balaban J connectivity index is 0.000000980. The van der Waals surface area contributed by atoms with Gasteiger partial charge in [-0.25, -0.2) is 4.68 Å². The number of aromatic nitrogens is 3. The van der Waals surface area contributed by atoms with Gasteiger partial charge in [-0.3, -0.25) is 0 Å². The van der Waals surface area contributed by atoms with Gasteiger partial charge in [-0.05, 0) is 6.07 Å². The Bertz CT molecular complexity index is 387. The molecule has 0 aliphatic heterocycles. The third-order valence-corrected chi connectivity index (χ3v) is 1.80. The van der Waals surface area contributed by atoms with Crippen molar-refractivity contribution >= 4 is 0 Å². The van der Waals surface area contributed by atoms with E-state index in [0.717, 1.165) is 5.56 Å². The summed E-state index contributed by atoms with van der Waals surface area (Å²) in [4.78, 5) is 0. The molecule has 1 aromatic heterocycles. The number of benzene rings is 1. The Morgan fingerprint density at radius 1 is 1.29 bits per heavy atom. The molecule has 5 heteroatoms. The summed E-state index contributed by atoms with van der Waals surface area (Å²) < 4.78 is 1.66. The van der Waals surface area contributed by atoms with E-state index in [0.29, 0.717) is 6.54 Å². The number of para-hydroxylation sites is 1. The van der Waals surface area contributed by atoms with Crippen molar-refractivity contribution in [3.63, 3.8) is 0 Å². The zero-order valence-corrected chi connectivity index (χ0v) is 7.46. The predicted molar refractivity (Wildman–Crippen MR) is 50.8 cm³/mol. The summed E-state index contributed by atoms with van der Waals surface area (Å²) in [6.07, 6.45) is 3.37. The van der Waals surface area contributed by atoms with Crippen LogP contribution >= 0.6 is 0 Å². The smallest absolute Gasteiger partial charge is 0.120 e. The molecule has 3 N–H and O–H groups in total. The SMILES string of the molecule is O.Oc1ccccc1Cn1ccnn1. The Hall–Kier alpha value is -1.88. The molecule has 0 amide bonds. The summed E-state index contributed by atoms with van der Waals surface area (Å²) in [6, 6.07) is 7.19. The molecule has 0 spiro atoms. The Morgan fingerprint density at radius 2 is 2.07 bits per heavy atom. The maximum absolute atomic E-state index is 9.45. The van der Waals surface area contributed by atoms with Crippen molar-refractivity contribution in [1.82, 2.24) is 15.0 Å². The molecule has 0 aliphatic rings. The number of hydrogen-bond donors (Lipinski definition) is 1. The van der Waals surface area contributed by atoms with Crippen LogP contribution in [0, 0.1) is 0 Å². The highest BCUT2D eigenvalue weighted by Gasteiger charge is 1.99. The van der Waals surface area contributed by atoms with Crippen LogP contribution in [-0.2, 0) is 6.54 Å². The van der Waals surface area contributed by atoms with Crippen LogP contribution in [0.2, 0.25) is 0 Å². The number of rotatable bonds is 2. The first-order chi connectivity index (χ1) is 6.36. The average molecular weight is 193 g/mol. The monoisotopic (exact) mass is 193 g/mol. The van der Waals surface area contributed by atoms with Gasteiger partial charge in [-0.1, -0.05) is 23.4 Å². The van der Waals surface area contributed by atoms with Gasteiger partial charge in [0.1, 0.15) is 5.75 Å². The minimum atomic E-state index is 0. The zero-order valence-electron chi connectivity index (χ0n) is 7.46. The number of phenolic OH excluding ortho intramolecular Hbond substituents is 1. The summed E-state index contributed by atoms with van der Waals surface area (Å²) in [5.74, 6) is 0.290. The molecule has 5 nitrogen and oxygen atoms in total. The molecule has 0 bridgehead atoms. The quantitative estimate of drug-likeness (QED) is 0.739. The van der Waals surface area contributed by atoms with Gasteiger partial charge in [-0.15, -0.1) is 5.10 Å². The lowest BCUT2D eigenvalue weighted by molar-refractivity contribution is 0.463. The third kappa shape index (κ3) is 2.08. The van der Waals surface area contributed by atoms with Crippen LogP contribution in [0.1, 0.15) is 5.56 Å². The number of aromatic hydroxyl groups is 1. The molecule has 0 fully saturated rings. The molecule has 0 saturated carbocycles. The van der Waals surface area contributed by atoms with Crippen LogP contribution in [-0.4, -0.2) is 25.6 Å². The van der Waals surface area contributed by atoms with E-state index in [9.17, 15) is 5.11 Å². The van der Waals surface area contributed by atoms with Gasteiger partial charge < -0.3 is 10.6 Å². The second-order valence-electron chi connectivity index (χ2n) is 2.73. The van der Waals surface area contributed by atoms with E-state index in [1.54, 1.807) is 29.2 Å². The van der Waals surface area contributed by atoms with Gasteiger partial charge in [0.25, 0.3) is 0 Å². The second kappa shape index (κ2) is 4.38. The van der Waals surface area contributed by atoms with Crippen molar-refractivity contribution in [3.05, 3.63) is 42.2 Å². The van der Waals surface area contributed by atoms with Crippen molar-refractivity contribution in [2.75, 3.05) is 0 Å². The number of phenols is 1. The molecule has 0 saturated heterocycles. The van der Waals surface area contributed by atoms with E-state index in [1.807, 2.05) is 12.1 Å². The highest BCUT2D eigenvalue weighted by Crippen LogP contribution is 2.15. The van der Waals surface area contributed by atoms with E-state index in [1.165, 1.54) is 0 Å². The van der Waals surface area contributed by atoms with Crippen LogP contribution < -0.4 is 0 Å². The van der Waals surface area contributed by atoms with Crippen molar-refractivity contribution < 1.29 is 10.6 Å². The highest BCUT2D eigenvalue weighted by molar-refractivity contribution is 5.31. The fourth-order valence-corrected chi connectivity index (χ4v) is 1.14. The zero-order chi connectivity index (χ0) is 9.10. The van der Waals surface area contributed by atoms with E-state index in [2.05, 4.69) is 10.3 Å². The fraction of sp³-hybridized carbons (Fsp3) is 0.111. The molecule has 1 heterocycles. The van der Waals surface area contributed by atoms with Crippen LogP contribution in [0.5, 0.6) is 5.75 Å². The highest BCUT2D eigenvalue weighted by atomic mass is 16.3. The first kappa shape index (κ1) is 10.2. The van der Waals surface area contributed by atoms with E-state index in [-0.39, 0.29) is 11.2 Å². The molecule has 0 aliphatic carbocycles. The maximum atomic E-state index is 9.45. The molecule has 74 valence electrons. The Kier molecular flexibility index (Phi) is 3.19. The van der Waals surface area contributed by atoms with Gasteiger partial charge in [0.2, 0.25) is 0 Å². The maximum Gasteiger partial charge on any atom is 0.120 e. The number of nitrogens with zero attached hydrogens (tertiary/aromatic N) is 3. The molecular formula is C9H11N3O2. The third-order valence-electron chi connectivity index (χ3n) is 1.80. The van der Waals surface area contributed by atoms with Gasteiger partial charge in [0.15, 0.2) is 0 Å². The normalized spacial score (nSPS) is 9.43. The summed E-state index contributed by atoms with van der Waals surface area (Å²) >= 11 is 0. The molecule has 0 unspecified atom stereocenters. The molecular weight excluding hydrogens is 182 g/mol. The molecule has 14 heavy (non-hydrogen) atoms. The lowest BCUT2D eigenvalue weighted by Crippen LogP contribution is -2.00. The van der Waals surface area contributed by atoms with Gasteiger partial charge >= 0.3 is 0 Å². The van der Waals surface area contributed by atoms with Crippen LogP contribution in [0.25, 0.3) is 0 Å². The van der Waals surface area contributed by atoms with Gasteiger partial charge in [-0.2, -0.15) is 0 Å². The second-order valence-corrected chi connectivity index (χ2v) is 2.73. The number of hydrogen-bond acceptors (Lipinski definition) is 3. The summed E-state index contributed by atoms with van der Waals surface area (Å²) in [6.45, 7) is 0.548. The van der Waals surface area contributed by atoms with E-state index < -0.39 is 0 Å². The van der Waals surface area contributed by atoms with Crippen LogP contribution in [0.15, 0.2) is 36.7 Å². The summed E-state index contributed by atoms with van der Waals surface area (Å²) in [5, 5.41) is 16.9. The summed E-state index contributed by atoms with van der Waals surface area (Å²) in [7, 11) is 0. The van der Waals surface area contributed by atoms with Crippen LogP contribution in [0.4, 0.5) is 0 Å². The van der Waals surface area contributed by atoms with E-state index >= 15 is 0 Å². The Labute approximate surface area is 80.9 Å². The van der Waals surface area contributed by atoms with Crippen molar-refractivity contribution in [2.24, 2.45) is 0 Å². The average Bonchev–Trinajstić information content (AvgIpc) is 2.61. The molecule has 0 radical (unpaired) electrons. The topological polar surface area (TPSA) is 82.4 Å². The molecule has 2 aromatic rings. The van der Waals surface area contributed by atoms with Gasteiger partial charge in [0.05, 0.1) is 12.7 Å². The first-order valence-electron chi connectivity index (χ1n) is 3.97. The largest absolute Gasteiger partial charge is 0.508 e. The predicted octanol–water partition coefficient (Wildman–Crippen LogP) is 0.207. The lowest BCUT2D eigenvalue weighted by Gasteiger charge is -2.02. The molecule has 2 rings (SSSR count). The van der Waals surface area contributed by atoms with E-state index in [4.69, 9.17) is 0 Å². The minimum Gasteiger partial charge on any atom is -0.508 e. The van der Waals surface area contributed by atoms with Crippen molar-refractivity contribution in [1.29, 1.82) is 0 Å². The standard InChI is InChI=1S/C9H9N3O.H2O/c13-9-4-2-1-3-8(9)7-12-6-5-10-11-12;/h1-6,13H,7H2;1H2.